The van der Waals surface area contributed by atoms with Crippen LogP contribution in [0.15, 0.2) is 12.2 Å². The molecule has 0 radical (unpaired) electrons. The van der Waals surface area contributed by atoms with Gasteiger partial charge in [0.1, 0.15) is 11.7 Å². The Balaban J connectivity index is 1.49. The summed E-state index contributed by atoms with van der Waals surface area (Å²) < 4.78 is 5.75. The van der Waals surface area contributed by atoms with Crippen LogP contribution in [0.4, 0.5) is 0 Å². The molecule has 0 aromatic carbocycles. The van der Waals surface area contributed by atoms with Gasteiger partial charge in [-0.25, -0.2) is 0 Å². The van der Waals surface area contributed by atoms with E-state index in [1.807, 2.05) is 0 Å². The molecule has 0 aromatic rings. The van der Waals surface area contributed by atoms with Crippen molar-refractivity contribution in [1.82, 2.24) is 4.90 Å². The van der Waals surface area contributed by atoms with Gasteiger partial charge in [-0.15, -0.1) is 0 Å². The number of nitrogens with zero attached hydrogens (tertiary/aromatic N) is 1. The number of carbonyl (C=O) groups excluding carboxylic acids is 1. The van der Waals surface area contributed by atoms with Crippen LogP contribution in [-0.2, 0) is 9.53 Å². The fourth-order valence-electron chi connectivity index (χ4n) is 11.0. The van der Waals surface area contributed by atoms with E-state index in [1.165, 1.54) is 6.92 Å². The van der Waals surface area contributed by atoms with Crippen molar-refractivity contribution in [2.24, 2.45) is 34.0 Å². The summed E-state index contributed by atoms with van der Waals surface area (Å²) in [6.07, 6.45) is 1.27. The molecule has 9 aliphatic rings. The van der Waals surface area contributed by atoms with E-state index in [-0.39, 0.29) is 34.9 Å². The first-order valence-electron chi connectivity index (χ1n) is 10.8. The molecule has 5 unspecified atom stereocenters. The van der Waals surface area contributed by atoms with Gasteiger partial charge in [-0.1, -0.05) is 19.1 Å². The van der Waals surface area contributed by atoms with Crippen LogP contribution in [0.3, 0.4) is 0 Å². The molecule has 9 fully saturated rings. The second-order valence-electron chi connectivity index (χ2n) is 11.5. The number of fused-ring (bicyclic) bond motifs is 1. The first-order valence-corrected chi connectivity index (χ1v) is 10.8. The van der Waals surface area contributed by atoms with Gasteiger partial charge in [-0.2, -0.15) is 0 Å². The summed E-state index contributed by atoms with van der Waals surface area (Å²) in [6, 6.07) is 0.245. The summed E-state index contributed by atoms with van der Waals surface area (Å²) in [5, 5.41) is 35.1. The molecular formula is C22H29NO5. The Morgan fingerprint density at radius 1 is 1.25 bits per heavy atom. The Bertz CT molecular complexity index is 860. The number of esters is 1. The van der Waals surface area contributed by atoms with Gasteiger partial charge in [0.15, 0.2) is 0 Å². The van der Waals surface area contributed by atoms with Gasteiger partial charge in [-0.05, 0) is 37.0 Å². The Kier molecular flexibility index (Phi) is 2.55. The quantitative estimate of drug-likeness (QED) is 0.447. The van der Waals surface area contributed by atoms with Crippen LogP contribution in [-0.4, -0.2) is 68.7 Å². The van der Waals surface area contributed by atoms with Crippen molar-refractivity contribution in [2.75, 3.05) is 6.54 Å². The maximum absolute atomic E-state index is 12.2. The standard InChI is InChI=1S/C22H29NO5/c1-9-4-20-7-12-15-19(3)5-11(28-10(2)24)6-21(15)16(20)14(25)13(9)17(26)22(20,27)18(21)23(12)8-19/h11-18,25-27H,1,4-8H2,2-3H3/t11?,12-,13-,14?,15-,16+,17?,18?,19+,20-,21+,22-/m1/s1. The van der Waals surface area contributed by atoms with E-state index in [0.717, 1.165) is 25.0 Å². The van der Waals surface area contributed by atoms with E-state index in [0.29, 0.717) is 24.8 Å². The second-order valence-corrected chi connectivity index (χ2v) is 11.5. The van der Waals surface area contributed by atoms with Gasteiger partial charge in [0.25, 0.3) is 0 Å². The van der Waals surface area contributed by atoms with Gasteiger partial charge < -0.3 is 20.1 Å². The smallest absolute Gasteiger partial charge is 0.302 e. The highest BCUT2D eigenvalue weighted by atomic mass is 16.5. The van der Waals surface area contributed by atoms with Crippen LogP contribution in [0.25, 0.3) is 0 Å². The second kappa shape index (κ2) is 4.25. The number of aliphatic hydroxyl groups is 3. The SMILES string of the molecule is C=C1C[C@]23C[C@@H]4[C@@H]5[C@@]6(C)CC(OC(C)=O)C[C@]57C(N4C6)[C@]2(O)C(O)[C@H]1C(O)[C@H]73. The lowest BCUT2D eigenvalue weighted by Gasteiger charge is -2.67. The molecule has 0 aromatic heterocycles. The zero-order valence-electron chi connectivity index (χ0n) is 16.5. The Labute approximate surface area is 164 Å². The average molecular weight is 387 g/mol. The first-order chi connectivity index (χ1) is 13.1. The normalized spacial score (nSPS) is 69.3. The lowest BCUT2D eigenvalue weighted by atomic mass is 9.39. The minimum atomic E-state index is -1.20. The maximum atomic E-state index is 12.2. The summed E-state index contributed by atoms with van der Waals surface area (Å²) in [7, 11) is 0. The molecular weight excluding hydrogens is 358 g/mol. The highest BCUT2D eigenvalue weighted by molar-refractivity contribution is 5.66. The third-order valence-corrected chi connectivity index (χ3v) is 10.6. The number of ether oxygens (including phenoxy) is 1. The molecule has 9 rings (SSSR count). The third kappa shape index (κ3) is 1.26. The molecule has 152 valence electrons. The monoisotopic (exact) mass is 387 g/mol. The molecule has 3 aliphatic heterocycles. The summed E-state index contributed by atoms with van der Waals surface area (Å²) in [5.41, 5.74) is -1.07. The molecule has 2 spiro atoms. The summed E-state index contributed by atoms with van der Waals surface area (Å²) in [5.74, 6) is -0.379. The van der Waals surface area contributed by atoms with Crippen molar-refractivity contribution in [3.63, 3.8) is 0 Å². The Morgan fingerprint density at radius 2 is 2.00 bits per heavy atom. The van der Waals surface area contributed by atoms with Crippen molar-refractivity contribution < 1.29 is 24.9 Å². The highest BCUT2D eigenvalue weighted by Crippen LogP contribution is 2.88. The van der Waals surface area contributed by atoms with Gasteiger partial charge in [0, 0.05) is 48.2 Å². The topological polar surface area (TPSA) is 90.2 Å². The van der Waals surface area contributed by atoms with Crippen LogP contribution in [0.5, 0.6) is 0 Å². The summed E-state index contributed by atoms with van der Waals surface area (Å²) >= 11 is 0. The van der Waals surface area contributed by atoms with Crippen LogP contribution < -0.4 is 0 Å². The van der Waals surface area contributed by atoms with Gasteiger partial charge in [0.2, 0.25) is 0 Å². The molecule has 6 saturated carbocycles. The third-order valence-electron chi connectivity index (χ3n) is 10.6. The Morgan fingerprint density at radius 3 is 2.71 bits per heavy atom. The molecule has 13 atom stereocenters. The number of aliphatic hydroxyl groups excluding tert-OH is 2. The van der Waals surface area contributed by atoms with Crippen LogP contribution in [0.1, 0.15) is 39.5 Å². The van der Waals surface area contributed by atoms with Crippen LogP contribution >= 0.6 is 0 Å². The molecule has 3 N–H and O–H groups in total. The van der Waals surface area contributed by atoms with E-state index < -0.39 is 29.1 Å². The molecule has 6 heteroatoms. The lowest BCUT2D eigenvalue weighted by molar-refractivity contribution is -0.280. The first kappa shape index (κ1) is 16.8. The van der Waals surface area contributed by atoms with Crippen molar-refractivity contribution >= 4 is 5.97 Å². The average Bonchev–Trinajstić information content (AvgIpc) is 2.97. The maximum Gasteiger partial charge on any atom is 0.302 e. The molecule has 0 amide bonds. The van der Waals surface area contributed by atoms with E-state index in [2.05, 4.69) is 18.4 Å². The molecule has 6 nitrogen and oxygen atoms in total. The number of hydrogen-bond donors (Lipinski definition) is 3. The molecule has 3 saturated heterocycles. The number of hydrogen-bond acceptors (Lipinski definition) is 6. The van der Waals surface area contributed by atoms with Crippen molar-refractivity contribution in [3.8, 4) is 0 Å². The zero-order chi connectivity index (χ0) is 19.6. The number of carbonyl (C=O) groups is 1. The van der Waals surface area contributed by atoms with Gasteiger partial charge in [-0.3, -0.25) is 9.69 Å². The van der Waals surface area contributed by atoms with E-state index in [9.17, 15) is 20.1 Å². The van der Waals surface area contributed by atoms with Gasteiger partial charge >= 0.3 is 5.97 Å². The lowest BCUT2D eigenvalue weighted by Crippen LogP contribution is -2.76. The summed E-state index contributed by atoms with van der Waals surface area (Å²) in [6.45, 7) is 8.85. The number of rotatable bonds is 1. The minimum absolute atomic E-state index is 0.0237. The van der Waals surface area contributed by atoms with E-state index in [1.54, 1.807) is 0 Å². The largest absolute Gasteiger partial charge is 0.463 e. The van der Waals surface area contributed by atoms with Crippen molar-refractivity contribution in [3.05, 3.63) is 12.2 Å². The van der Waals surface area contributed by atoms with E-state index in [4.69, 9.17) is 4.74 Å². The fourth-order valence-corrected chi connectivity index (χ4v) is 11.0. The number of piperidine rings is 2. The molecule has 3 heterocycles. The van der Waals surface area contributed by atoms with Crippen LogP contribution in [0.2, 0.25) is 0 Å². The zero-order valence-corrected chi connectivity index (χ0v) is 16.5. The predicted octanol–water partition coefficient (Wildman–Crippen LogP) is 0.450. The predicted molar refractivity (Wildman–Crippen MR) is 97.9 cm³/mol. The fraction of sp³-hybridized carbons (Fsp3) is 0.864. The molecule has 6 aliphatic carbocycles. The van der Waals surface area contributed by atoms with Crippen LogP contribution in [0, 0.1) is 34.0 Å². The van der Waals surface area contributed by atoms with Crippen molar-refractivity contribution in [2.45, 2.75) is 75.5 Å². The molecule has 9 bridgehead atoms. The van der Waals surface area contributed by atoms with Crippen molar-refractivity contribution in [1.29, 1.82) is 0 Å². The van der Waals surface area contributed by atoms with E-state index >= 15 is 0 Å². The highest BCUT2D eigenvalue weighted by Gasteiger charge is 2.94. The van der Waals surface area contributed by atoms with Gasteiger partial charge in [0.05, 0.1) is 12.2 Å². The molecule has 28 heavy (non-hydrogen) atoms. The summed E-state index contributed by atoms with van der Waals surface area (Å²) in [4.78, 5) is 14.3. The minimum Gasteiger partial charge on any atom is -0.463 e. The Hall–Kier alpha value is -0.950.